The summed E-state index contributed by atoms with van der Waals surface area (Å²) in [5, 5.41) is 0. The van der Waals surface area contributed by atoms with Gasteiger partial charge in [0.25, 0.3) is 5.82 Å². The van der Waals surface area contributed by atoms with Crippen LogP contribution in [0.3, 0.4) is 0 Å². The van der Waals surface area contributed by atoms with Crippen molar-refractivity contribution >= 4 is 0 Å². The van der Waals surface area contributed by atoms with Crippen LogP contribution in [0.1, 0.15) is 22.5 Å². The van der Waals surface area contributed by atoms with Crippen LogP contribution in [-0.2, 0) is 7.05 Å². The highest BCUT2D eigenvalue weighted by Crippen LogP contribution is 2.31. The van der Waals surface area contributed by atoms with Gasteiger partial charge in [-0.1, -0.05) is 11.1 Å². The minimum Gasteiger partial charge on any atom is -0.351 e. The number of aryl methyl sites for hydroxylation is 4. The molecule has 0 aliphatic rings. The highest BCUT2D eigenvalue weighted by atomic mass is 15.0. The average molecular weight is 292 g/mol. The normalized spacial score (nSPS) is 11.0. The smallest absolute Gasteiger partial charge is 0.300 e. The lowest BCUT2D eigenvalue weighted by Crippen LogP contribution is -2.36. The van der Waals surface area contributed by atoms with Gasteiger partial charge in [-0.05, 0) is 44.0 Å². The lowest BCUT2D eigenvalue weighted by molar-refractivity contribution is -0.607. The molecule has 0 saturated heterocycles. The molecule has 3 aromatic rings. The fraction of sp³-hybridized carbons (Fsp3) is 0.263. The van der Waals surface area contributed by atoms with Crippen molar-refractivity contribution in [2.75, 3.05) is 0 Å². The maximum Gasteiger partial charge on any atom is 0.300 e. The van der Waals surface area contributed by atoms with E-state index in [4.69, 9.17) is 0 Å². The third kappa shape index (κ3) is 2.23. The molecule has 0 saturated carbocycles. The Morgan fingerprint density at radius 1 is 1.05 bits per heavy atom. The van der Waals surface area contributed by atoms with E-state index < -0.39 is 0 Å². The standard InChI is InChI=1S/C19H22N3/c1-13-12-14(2)19(22-11-7-9-20-16(22)4)15(3)18(13)17-8-6-10-21(17)5/h6-12H,1-5H3/q+1. The lowest BCUT2D eigenvalue weighted by atomic mass is 9.94. The van der Waals surface area contributed by atoms with Crippen LogP contribution in [0.15, 0.2) is 42.9 Å². The predicted molar refractivity (Wildman–Crippen MR) is 89.1 cm³/mol. The van der Waals surface area contributed by atoms with E-state index in [1.54, 1.807) is 0 Å². The zero-order valence-corrected chi connectivity index (χ0v) is 13.9. The monoisotopic (exact) mass is 292 g/mol. The number of benzene rings is 1. The molecule has 0 fully saturated rings. The van der Waals surface area contributed by atoms with Gasteiger partial charge in [-0.25, -0.2) is 0 Å². The topological polar surface area (TPSA) is 21.7 Å². The summed E-state index contributed by atoms with van der Waals surface area (Å²) in [5.41, 5.74) is 7.66. The third-order valence-corrected chi connectivity index (χ3v) is 4.30. The first-order valence-electron chi connectivity index (χ1n) is 7.57. The Morgan fingerprint density at radius 3 is 2.45 bits per heavy atom. The summed E-state index contributed by atoms with van der Waals surface area (Å²) in [4.78, 5) is 4.43. The zero-order valence-electron chi connectivity index (χ0n) is 13.9. The van der Waals surface area contributed by atoms with E-state index in [2.05, 4.69) is 72.5 Å². The molecule has 0 unspecified atom stereocenters. The lowest BCUT2D eigenvalue weighted by Gasteiger charge is -2.17. The van der Waals surface area contributed by atoms with Crippen LogP contribution >= 0.6 is 0 Å². The molecule has 0 amide bonds. The summed E-state index contributed by atoms with van der Waals surface area (Å²) in [5.74, 6) is 0.996. The molecule has 1 aromatic carbocycles. The molecule has 0 atom stereocenters. The van der Waals surface area contributed by atoms with Gasteiger partial charge in [0.1, 0.15) is 18.1 Å². The molecule has 3 rings (SSSR count). The van der Waals surface area contributed by atoms with Crippen LogP contribution in [0.2, 0.25) is 0 Å². The van der Waals surface area contributed by atoms with Gasteiger partial charge in [0.15, 0.2) is 0 Å². The van der Waals surface area contributed by atoms with E-state index in [1.807, 2.05) is 19.2 Å². The van der Waals surface area contributed by atoms with E-state index in [0.29, 0.717) is 0 Å². The van der Waals surface area contributed by atoms with Crippen molar-refractivity contribution < 1.29 is 4.57 Å². The third-order valence-electron chi connectivity index (χ3n) is 4.30. The molecule has 22 heavy (non-hydrogen) atoms. The Morgan fingerprint density at radius 2 is 1.82 bits per heavy atom. The van der Waals surface area contributed by atoms with Crippen molar-refractivity contribution in [3.05, 3.63) is 65.4 Å². The van der Waals surface area contributed by atoms with Crippen molar-refractivity contribution in [3.63, 3.8) is 0 Å². The molecule has 0 N–H and O–H groups in total. The Kier molecular flexibility index (Phi) is 3.57. The number of nitrogens with zero attached hydrogens (tertiary/aromatic N) is 3. The van der Waals surface area contributed by atoms with Gasteiger partial charge in [0.2, 0.25) is 0 Å². The molecule has 0 radical (unpaired) electrons. The Hall–Kier alpha value is -2.42. The molecule has 0 aliphatic heterocycles. The van der Waals surface area contributed by atoms with E-state index in [1.165, 1.54) is 33.6 Å². The molecular weight excluding hydrogens is 270 g/mol. The molecule has 3 nitrogen and oxygen atoms in total. The zero-order chi connectivity index (χ0) is 15.9. The van der Waals surface area contributed by atoms with Gasteiger partial charge in [-0.15, -0.1) is 0 Å². The van der Waals surface area contributed by atoms with Gasteiger partial charge >= 0.3 is 0 Å². The van der Waals surface area contributed by atoms with Gasteiger partial charge in [0.05, 0.1) is 0 Å². The van der Waals surface area contributed by atoms with E-state index in [-0.39, 0.29) is 0 Å². The average Bonchev–Trinajstić information content (AvgIpc) is 2.87. The minimum atomic E-state index is 0.996. The molecule has 3 heteroatoms. The van der Waals surface area contributed by atoms with Crippen LogP contribution in [0.4, 0.5) is 0 Å². The molecular formula is C19H22N3+. The van der Waals surface area contributed by atoms with E-state index in [0.717, 1.165) is 5.82 Å². The molecule has 2 heterocycles. The highest BCUT2D eigenvalue weighted by molar-refractivity contribution is 5.72. The first-order chi connectivity index (χ1) is 10.5. The van der Waals surface area contributed by atoms with Crippen LogP contribution in [0, 0.1) is 27.7 Å². The van der Waals surface area contributed by atoms with Crippen molar-refractivity contribution in [2.45, 2.75) is 27.7 Å². The van der Waals surface area contributed by atoms with Gasteiger partial charge in [-0.3, -0.25) is 0 Å². The highest BCUT2D eigenvalue weighted by Gasteiger charge is 2.20. The number of rotatable bonds is 2. The summed E-state index contributed by atoms with van der Waals surface area (Å²) in [6.07, 6.45) is 6.01. The molecule has 2 aromatic heterocycles. The summed E-state index contributed by atoms with van der Waals surface area (Å²) < 4.78 is 4.35. The maximum atomic E-state index is 4.43. The fourth-order valence-electron chi connectivity index (χ4n) is 3.34. The van der Waals surface area contributed by atoms with Crippen molar-refractivity contribution in [3.8, 4) is 16.9 Å². The van der Waals surface area contributed by atoms with E-state index in [9.17, 15) is 0 Å². The van der Waals surface area contributed by atoms with Gasteiger partial charge in [-0.2, -0.15) is 4.57 Å². The quantitative estimate of drug-likeness (QED) is 0.661. The summed E-state index contributed by atoms with van der Waals surface area (Å²) in [7, 11) is 2.09. The van der Waals surface area contributed by atoms with Crippen LogP contribution < -0.4 is 4.57 Å². The largest absolute Gasteiger partial charge is 0.351 e. The van der Waals surface area contributed by atoms with Crippen LogP contribution in [-0.4, -0.2) is 9.55 Å². The Balaban J connectivity index is 2.34. The van der Waals surface area contributed by atoms with Crippen LogP contribution in [0.5, 0.6) is 0 Å². The second kappa shape index (κ2) is 5.41. The fourth-order valence-corrected chi connectivity index (χ4v) is 3.34. The van der Waals surface area contributed by atoms with Crippen LogP contribution in [0.25, 0.3) is 16.9 Å². The van der Waals surface area contributed by atoms with Gasteiger partial charge < -0.3 is 4.57 Å². The summed E-state index contributed by atoms with van der Waals surface area (Å²) in [6.45, 7) is 8.61. The Bertz CT molecular complexity index is 844. The first-order valence-corrected chi connectivity index (χ1v) is 7.57. The predicted octanol–water partition coefficient (Wildman–Crippen LogP) is 3.60. The van der Waals surface area contributed by atoms with Crippen molar-refractivity contribution in [1.29, 1.82) is 0 Å². The van der Waals surface area contributed by atoms with Crippen molar-refractivity contribution in [2.24, 2.45) is 7.05 Å². The summed E-state index contributed by atoms with van der Waals surface area (Å²) >= 11 is 0. The number of aromatic nitrogens is 3. The maximum absolute atomic E-state index is 4.43. The minimum absolute atomic E-state index is 0.996. The first kappa shape index (κ1) is 14.5. The molecule has 112 valence electrons. The summed E-state index contributed by atoms with van der Waals surface area (Å²) in [6, 6.07) is 8.52. The number of hydrogen-bond acceptors (Lipinski definition) is 1. The number of hydrogen-bond donors (Lipinski definition) is 0. The second-order valence-electron chi connectivity index (χ2n) is 5.90. The van der Waals surface area contributed by atoms with Crippen molar-refractivity contribution in [1.82, 2.24) is 9.55 Å². The molecule has 0 spiro atoms. The SMILES string of the molecule is Cc1cc(C)c(-[n+]2cccnc2C)c(C)c1-c1cccn1C. The van der Waals surface area contributed by atoms with Gasteiger partial charge in [0, 0.05) is 43.1 Å². The Labute approximate surface area is 131 Å². The second-order valence-corrected chi connectivity index (χ2v) is 5.90. The molecule has 0 bridgehead atoms. The van der Waals surface area contributed by atoms with E-state index >= 15 is 0 Å². The molecule has 0 aliphatic carbocycles.